The van der Waals surface area contributed by atoms with E-state index in [9.17, 15) is 14.4 Å². The normalized spacial score (nSPS) is 13.2. The zero-order valence-electron chi connectivity index (χ0n) is 50.8. The molecule has 0 heterocycles. The minimum atomic E-state index is -0.807. The molecule has 0 aromatic heterocycles. The first-order valence-corrected chi connectivity index (χ1v) is 32.0. The number of ether oxygens (including phenoxy) is 3. The highest BCUT2D eigenvalue weighted by Crippen LogP contribution is 2.14. The number of carbonyl (C=O) groups excluding carboxylic acids is 3. The summed E-state index contributed by atoms with van der Waals surface area (Å²) in [6, 6.07) is 0. The molecule has 0 radical (unpaired) electrons. The van der Waals surface area contributed by atoms with Gasteiger partial charge in [0, 0.05) is 19.3 Å². The average molecular weight is 1090 g/mol. The van der Waals surface area contributed by atoms with Gasteiger partial charge in [-0.25, -0.2) is 0 Å². The van der Waals surface area contributed by atoms with Gasteiger partial charge in [-0.3, -0.25) is 14.4 Å². The Morgan fingerprint density at radius 3 is 0.797 bits per heavy atom. The van der Waals surface area contributed by atoms with E-state index in [1.165, 1.54) is 64.2 Å². The van der Waals surface area contributed by atoms with Crippen molar-refractivity contribution in [3.05, 3.63) is 158 Å². The molecule has 0 N–H and O–H groups in total. The van der Waals surface area contributed by atoms with Crippen molar-refractivity contribution < 1.29 is 28.6 Å². The Balaban J connectivity index is 4.41. The van der Waals surface area contributed by atoms with Gasteiger partial charge in [0.05, 0.1) is 0 Å². The third-order valence-corrected chi connectivity index (χ3v) is 13.0. The van der Waals surface area contributed by atoms with Gasteiger partial charge in [-0.1, -0.05) is 262 Å². The van der Waals surface area contributed by atoms with Gasteiger partial charge in [-0.05, 0) is 141 Å². The van der Waals surface area contributed by atoms with E-state index >= 15 is 0 Å². The van der Waals surface area contributed by atoms with Crippen molar-refractivity contribution in [2.75, 3.05) is 13.2 Å². The molecule has 0 bridgehead atoms. The lowest BCUT2D eigenvalue weighted by atomic mass is 10.1. The summed E-state index contributed by atoms with van der Waals surface area (Å²) in [4.78, 5) is 38.3. The molecule has 0 saturated heterocycles. The summed E-state index contributed by atoms with van der Waals surface area (Å²) in [7, 11) is 0. The maximum absolute atomic E-state index is 12.9. The molecule has 444 valence electrons. The predicted molar refractivity (Wildman–Crippen MR) is 343 cm³/mol. The first-order chi connectivity index (χ1) is 39.0. The van der Waals surface area contributed by atoms with E-state index in [0.29, 0.717) is 19.3 Å². The maximum atomic E-state index is 12.9. The van der Waals surface area contributed by atoms with E-state index < -0.39 is 6.10 Å². The molecule has 6 heteroatoms. The first-order valence-electron chi connectivity index (χ1n) is 32.0. The van der Waals surface area contributed by atoms with E-state index in [-0.39, 0.29) is 31.1 Å². The molecule has 0 saturated carbocycles. The van der Waals surface area contributed by atoms with Gasteiger partial charge >= 0.3 is 17.9 Å². The minimum Gasteiger partial charge on any atom is -0.462 e. The van der Waals surface area contributed by atoms with Crippen LogP contribution < -0.4 is 0 Å². The van der Waals surface area contributed by atoms with E-state index in [1.54, 1.807) is 0 Å². The largest absolute Gasteiger partial charge is 0.462 e. The zero-order valence-corrected chi connectivity index (χ0v) is 50.8. The fraction of sp³-hybridized carbons (Fsp3) is 0.603. The molecule has 0 aliphatic heterocycles. The summed E-state index contributed by atoms with van der Waals surface area (Å²) in [5, 5.41) is 0. The summed E-state index contributed by atoms with van der Waals surface area (Å²) in [5.74, 6) is -0.955. The fourth-order valence-corrected chi connectivity index (χ4v) is 8.25. The van der Waals surface area contributed by atoms with Crippen LogP contribution in [0.2, 0.25) is 0 Å². The number of esters is 3. The molecule has 0 aliphatic carbocycles. The highest BCUT2D eigenvalue weighted by molar-refractivity contribution is 5.71. The van der Waals surface area contributed by atoms with Crippen molar-refractivity contribution in [1.29, 1.82) is 0 Å². The topological polar surface area (TPSA) is 78.9 Å². The lowest BCUT2D eigenvalue weighted by molar-refractivity contribution is -0.167. The Hall–Kier alpha value is -4.97. The summed E-state index contributed by atoms with van der Waals surface area (Å²) >= 11 is 0. The van der Waals surface area contributed by atoms with Gasteiger partial charge in [-0.2, -0.15) is 0 Å². The Bertz CT molecular complexity index is 1780. The van der Waals surface area contributed by atoms with Crippen LogP contribution in [0.4, 0.5) is 0 Å². The molecule has 0 fully saturated rings. The van der Waals surface area contributed by atoms with Crippen LogP contribution in [-0.2, 0) is 28.6 Å². The number of carbonyl (C=O) groups is 3. The van der Waals surface area contributed by atoms with E-state index in [4.69, 9.17) is 14.2 Å². The Morgan fingerprint density at radius 1 is 0.266 bits per heavy atom. The molecule has 79 heavy (non-hydrogen) atoms. The zero-order chi connectivity index (χ0) is 57.1. The van der Waals surface area contributed by atoms with Crippen molar-refractivity contribution in [2.24, 2.45) is 0 Å². The minimum absolute atomic E-state index is 0.102. The molecule has 0 aromatic carbocycles. The number of hydrogen-bond donors (Lipinski definition) is 0. The highest BCUT2D eigenvalue weighted by atomic mass is 16.6. The van der Waals surface area contributed by atoms with E-state index in [2.05, 4.69) is 179 Å². The maximum Gasteiger partial charge on any atom is 0.306 e. The Labute approximate surface area is 486 Å². The second-order valence-electron chi connectivity index (χ2n) is 20.5. The highest BCUT2D eigenvalue weighted by Gasteiger charge is 2.19. The van der Waals surface area contributed by atoms with E-state index in [1.807, 2.05) is 0 Å². The molecular formula is C73H116O6. The van der Waals surface area contributed by atoms with Crippen LogP contribution in [0.1, 0.15) is 265 Å². The van der Waals surface area contributed by atoms with Crippen molar-refractivity contribution in [1.82, 2.24) is 0 Å². The van der Waals surface area contributed by atoms with Crippen LogP contribution in [0.25, 0.3) is 0 Å². The number of unbranched alkanes of at least 4 members (excludes halogenated alkanes) is 19. The summed E-state index contributed by atoms with van der Waals surface area (Å²) in [6.07, 6.45) is 95.3. The molecular weight excluding hydrogens is 973 g/mol. The third kappa shape index (κ3) is 63.7. The quantitative estimate of drug-likeness (QED) is 0.0261. The van der Waals surface area contributed by atoms with Crippen LogP contribution >= 0.6 is 0 Å². The predicted octanol–water partition coefficient (Wildman–Crippen LogP) is 22.1. The molecule has 0 aromatic rings. The van der Waals surface area contributed by atoms with Gasteiger partial charge in [0.2, 0.25) is 0 Å². The van der Waals surface area contributed by atoms with Crippen LogP contribution in [0.15, 0.2) is 158 Å². The van der Waals surface area contributed by atoms with Crippen LogP contribution in [0.5, 0.6) is 0 Å². The second-order valence-corrected chi connectivity index (χ2v) is 20.5. The van der Waals surface area contributed by atoms with Gasteiger partial charge in [0.15, 0.2) is 6.10 Å². The molecule has 0 rings (SSSR count). The molecule has 0 aliphatic rings. The molecule has 0 amide bonds. The monoisotopic (exact) mass is 1090 g/mol. The lowest BCUT2D eigenvalue weighted by Crippen LogP contribution is -2.30. The van der Waals surface area contributed by atoms with Gasteiger partial charge < -0.3 is 14.2 Å². The second kappa shape index (κ2) is 65.5. The van der Waals surface area contributed by atoms with Gasteiger partial charge in [0.25, 0.3) is 0 Å². The fourth-order valence-electron chi connectivity index (χ4n) is 8.25. The molecule has 6 nitrogen and oxygen atoms in total. The molecule has 1 atom stereocenters. The number of allylic oxidation sites excluding steroid dienone is 26. The van der Waals surface area contributed by atoms with E-state index in [0.717, 1.165) is 161 Å². The smallest absolute Gasteiger partial charge is 0.306 e. The average Bonchev–Trinajstić information content (AvgIpc) is 3.45. The number of hydrogen-bond acceptors (Lipinski definition) is 6. The first kappa shape index (κ1) is 74.0. The summed E-state index contributed by atoms with van der Waals surface area (Å²) in [6.45, 7) is 6.33. The number of rotatable bonds is 56. The van der Waals surface area contributed by atoms with Crippen LogP contribution in [0, 0.1) is 0 Å². The van der Waals surface area contributed by atoms with Crippen LogP contribution in [-0.4, -0.2) is 37.2 Å². The summed E-state index contributed by atoms with van der Waals surface area (Å²) < 4.78 is 16.9. The SMILES string of the molecule is CC/C=C\C/C=C\C/C=C\C/C=C\C/C=C\C/C=C\C/C=C\CCCCCC(=O)OCC(COC(=O)CCCCCCC/C=C\CCCC)OC(=O)CCCCCCCCCCC/C=C\C/C=C\C/C=C\C/C=C\C/C=C\CC. The standard InChI is InChI=1S/C73H116O6/c1-4-7-10-13-16-19-22-24-26-28-30-32-34-36-38-40-42-44-46-48-51-54-57-60-63-66-72(75)78-69-70(68-77-71(74)65-62-59-56-53-50-21-18-15-12-9-6-3)79-73(76)67-64-61-58-55-52-49-47-45-43-41-39-37-35-33-31-29-27-25-23-20-17-14-11-8-5-2/h7-8,10-11,15-20,24-27,30-33,36-39,42,44,48,51,70H,4-6,9,12-14,21-23,28-29,34-35,40-41,43,45-47,49-50,52-69H2,1-3H3/b10-7-,11-8-,18-15-,19-16-,20-17-,26-24-,27-25-,32-30-,33-31-,38-36-,39-37-,44-42-,51-48-. The molecule has 0 spiro atoms. The Kier molecular flexibility index (Phi) is 61.4. The van der Waals surface area contributed by atoms with Crippen molar-refractivity contribution in [3.8, 4) is 0 Å². The third-order valence-electron chi connectivity index (χ3n) is 13.0. The van der Waals surface area contributed by atoms with Crippen LogP contribution in [0.3, 0.4) is 0 Å². The Morgan fingerprint density at radius 2 is 0.494 bits per heavy atom. The van der Waals surface area contributed by atoms with Crippen molar-refractivity contribution in [3.63, 3.8) is 0 Å². The van der Waals surface area contributed by atoms with Gasteiger partial charge in [-0.15, -0.1) is 0 Å². The summed E-state index contributed by atoms with van der Waals surface area (Å²) in [5.41, 5.74) is 0. The van der Waals surface area contributed by atoms with Gasteiger partial charge in [0.1, 0.15) is 13.2 Å². The molecule has 1 unspecified atom stereocenters. The van der Waals surface area contributed by atoms with Crippen molar-refractivity contribution >= 4 is 17.9 Å². The lowest BCUT2D eigenvalue weighted by Gasteiger charge is -2.18. The van der Waals surface area contributed by atoms with Crippen molar-refractivity contribution in [2.45, 2.75) is 271 Å².